The summed E-state index contributed by atoms with van der Waals surface area (Å²) in [6, 6.07) is 0.181. The number of hydrogen-bond acceptors (Lipinski definition) is 3. The topological polar surface area (TPSA) is 75.4 Å². The van der Waals surface area contributed by atoms with Crippen molar-refractivity contribution in [1.82, 2.24) is 10.2 Å². The fourth-order valence-corrected chi connectivity index (χ4v) is 3.83. The molecule has 4 atom stereocenters. The number of nitrogens with zero attached hydrogens (tertiary/aromatic N) is 1. The number of nitrogens with two attached hydrogens (primary N) is 1. The molecular formula is C17H31N3O2. The third kappa shape index (κ3) is 4.00. The second-order valence-electron chi connectivity index (χ2n) is 7.27. The van der Waals surface area contributed by atoms with Crippen LogP contribution in [0.5, 0.6) is 0 Å². The Kier molecular flexibility index (Phi) is 5.84. The molecule has 0 radical (unpaired) electrons. The first-order chi connectivity index (χ1) is 10.4. The molecule has 5 heteroatoms. The summed E-state index contributed by atoms with van der Waals surface area (Å²) in [7, 11) is 0. The predicted octanol–water partition coefficient (Wildman–Crippen LogP) is 1.51. The second-order valence-corrected chi connectivity index (χ2v) is 7.27. The van der Waals surface area contributed by atoms with Gasteiger partial charge in [-0.2, -0.15) is 0 Å². The highest BCUT2D eigenvalue weighted by molar-refractivity contribution is 5.81. The molecule has 3 N–H and O–H groups in total. The van der Waals surface area contributed by atoms with E-state index in [-0.39, 0.29) is 23.8 Å². The summed E-state index contributed by atoms with van der Waals surface area (Å²) in [5.74, 6) is 1.13. The molecule has 2 amide bonds. The molecule has 0 bridgehead atoms. The lowest BCUT2D eigenvalue weighted by molar-refractivity contribution is -0.128. The molecule has 0 unspecified atom stereocenters. The average Bonchev–Trinajstić information content (AvgIpc) is 2.51. The Morgan fingerprint density at radius 3 is 2.36 bits per heavy atom. The van der Waals surface area contributed by atoms with Gasteiger partial charge in [0.05, 0.1) is 6.04 Å². The smallest absolute Gasteiger partial charge is 0.237 e. The summed E-state index contributed by atoms with van der Waals surface area (Å²) in [4.78, 5) is 25.9. The van der Waals surface area contributed by atoms with Gasteiger partial charge in [-0.25, -0.2) is 0 Å². The van der Waals surface area contributed by atoms with Gasteiger partial charge in [0.2, 0.25) is 11.8 Å². The quantitative estimate of drug-likeness (QED) is 0.826. The van der Waals surface area contributed by atoms with Crippen LogP contribution < -0.4 is 11.1 Å². The van der Waals surface area contributed by atoms with Gasteiger partial charge in [0, 0.05) is 12.0 Å². The van der Waals surface area contributed by atoms with Crippen LogP contribution in [0.2, 0.25) is 0 Å². The van der Waals surface area contributed by atoms with Gasteiger partial charge in [0.25, 0.3) is 0 Å². The maximum Gasteiger partial charge on any atom is 0.237 e. The van der Waals surface area contributed by atoms with Crippen LogP contribution in [-0.2, 0) is 9.59 Å². The summed E-state index contributed by atoms with van der Waals surface area (Å²) < 4.78 is 0. The molecule has 1 aliphatic carbocycles. The number of carbonyl (C=O) groups excluding carboxylic acids is 2. The minimum absolute atomic E-state index is 0.0225. The first-order valence-electron chi connectivity index (χ1n) is 8.74. The van der Waals surface area contributed by atoms with Gasteiger partial charge in [0.15, 0.2) is 0 Å². The first-order valence-corrected chi connectivity index (χ1v) is 8.74. The van der Waals surface area contributed by atoms with E-state index in [2.05, 4.69) is 24.1 Å². The molecule has 126 valence electrons. The van der Waals surface area contributed by atoms with Gasteiger partial charge in [-0.1, -0.05) is 26.7 Å². The molecule has 2 rings (SSSR count). The van der Waals surface area contributed by atoms with Crippen molar-refractivity contribution in [2.45, 2.75) is 65.0 Å². The third-order valence-corrected chi connectivity index (χ3v) is 5.89. The van der Waals surface area contributed by atoms with Crippen LogP contribution in [0.4, 0.5) is 0 Å². The lowest BCUT2D eigenvalue weighted by Crippen LogP contribution is -2.53. The van der Waals surface area contributed by atoms with Crippen LogP contribution in [0.15, 0.2) is 0 Å². The number of carbonyl (C=O) groups is 2. The van der Waals surface area contributed by atoms with E-state index in [1.807, 2.05) is 6.92 Å². The summed E-state index contributed by atoms with van der Waals surface area (Å²) in [5.41, 5.74) is 5.36. The minimum Gasteiger partial charge on any atom is -0.369 e. The highest BCUT2D eigenvalue weighted by Crippen LogP contribution is 2.29. The molecule has 0 aromatic heterocycles. The van der Waals surface area contributed by atoms with Crippen molar-refractivity contribution < 1.29 is 9.59 Å². The van der Waals surface area contributed by atoms with Crippen molar-refractivity contribution in [2.24, 2.45) is 23.5 Å². The summed E-state index contributed by atoms with van der Waals surface area (Å²) in [5, 5.41) is 3.26. The normalized spacial score (nSPS) is 32.4. The van der Waals surface area contributed by atoms with E-state index in [4.69, 9.17) is 5.73 Å². The number of amides is 2. The lowest BCUT2D eigenvalue weighted by atomic mass is 9.78. The van der Waals surface area contributed by atoms with E-state index >= 15 is 0 Å². The average molecular weight is 309 g/mol. The van der Waals surface area contributed by atoms with Gasteiger partial charge >= 0.3 is 0 Å². The number of nitrogens with one attached hydrogen (secondary N) is 1. The maximum absolute atomic E-state index is 12.5. The fraction of sp³-hybridized carbons (Fsp3) is 0.882. The molecule has 2 fully saturated rings. The van der Waals surface area contributed by atoms with Gasteiger partial charge in [-0.15, -0.1) is 0 Å². The van der Waals surface area contributed by atoms with Crippen LogP contribution >= 0.6 is 0 Å². The number of likely N-dealkylation sites (tertiary alicyclic amines) is 1. The van der Waals surface area contributed by atoms with Crippen molar-refractivity contribution in [3.8, 4) is 0 Å². The van der Waals surface area contributed by atoms with E-state index in [1.54, 1.807) is 0 Å². The van der Waals surface area contributed by atoms with Crippen molar-refractivity contribution in [3.05, 3.63) is 0 Å². The molecule has 5 nitrogen and oxygen atoms in total. The van der Waals surface area contributed by atoms with E-state index < -0.39 is 0 Å². The Morgan fingerprint density at radius 1 is 1.14 bits per heavy atom. The van der Waals surface area contributed by atoms with Crippen molar-refractivity contribution in [2.75, 3.05) is 13.1 Å². The first kappa shape index (κ1) is 17.3. The van der Waals surface area contributed by atoms with Gasteiger partial charge in [0.1, 0.15) is 0 Å². The summed E-state index contributed by atoms with van der Waals surface area (Å²) in [6.07, 6.45) is 5.10. The monoisotopic (exact) mass is 309 g/mol. The van der Waals surface area contributed by atoms with E-state index in [1.165, 1.54) is 12.8 Å². The Bertz CT molecular complexity index is 405. The molecule has 1 heterocycles. The van der Waals surface area contributed by atoms with Crippen LogP contribution in [0, 0.1) is 17.8 Å². The molecule has 0 spiro atoms. The summed E-state index contributed by atoms with van der Waals surface area (Å²) >= 11 is 0. The van der Waals surface area contributed by atoms with E-state index in [0.29, 0.717) is 17.9 Å². The molecule has 22 heavy (non-hydrogen) atoms. The Hall–Kier alpha value is -1.10. The van der Waals surface area contributed by atoms with Crippen molar-refractivity contribution in [3.63, 3.8) is 0 Å². The lowest BCUT2D eigenvalue weighted by Gasteiger charge is -2.38. The maximum atomic E-state index is 12.5. The van der Waals surface area contributed by atoms with Gasteiger partial charge in [-0.05, 0) is 51.1 Å². The molecule has 0 aromatic carbocycles. The Morgan fingerprint density at radius 2 is 1.77 bits per heavy atom. The van der Waals surface area contributed by atoms with Crippen LogP contribution in [0.25, 0.3) is 0 Å². The number of rotatable bonds is 4. The van der Waals surface area contributed by atoms with Crippen LogP contribution in [0.3, 0.4) is 0 Å². The highest BCUT2D eigenvalue weighted by atomic mass is 16.2. The van der Waals surface area contributed by atoms with E-state index in [0.717, 1.165) is 32.4 Å². The largest absolute Gasteiger partial charge is 0.369 e. The third-order valence-electron chi connectivity index (χ3n) is 5.89. The Balaban J connectivity index is 1.83. The predicted molar refractivity (Wildman–Crippen MR) is 87.1 cm³/mol. The Labute approximate surface area is 134 Å². The van der Waals surface area contributed by atoms with Gasteiger partial charge < -0.3 is 11.1 Å². The molecule has 0 aromatic rings. The molecule has 1 aliphatic heterocycles. The summed E-state index contributed by atoms with van der Waals surface area (Å²) in [6.45, 7) is 8.05. The fourth-order valence-electron chi connectivity index (χ4n) is 3.83. The number of primary amides is 1. The van der Waals surface area contributed by atoms with Crippen LogP contribution in [-0.4, -0.2) is 41.9 Å². The number of hydrogen-bond donors (Lipinski definition) is 2. The zero-order chi connectivity index (χ0) is 16.3. The number of piperidine rings is 1. The zero-order valence-electron chi connectivity index (χ0n) is 14.2. The van der Waals surface area contributed by atoms with E-state index in [9.17, 15) is 9.59 Å². The van der Waals surface area contributed by atoms with Crippen molar-refractivity contribution >= 4 is 11.8 Å². The second kappa shape index (κ2) is 7.44. The standard InChI is InChI=1S/C17H31N3O2/c1-11-5-4-6-15(12(11)2)19-17(22)13(3)20-9-7-14(8-10-20)16(18)21/h11-15H,4-10H2,1-3H3,(H2,18,21)(H,19,22)/t11-,12-,13-,15+/m1/s1. The SMILES string of the molecule is C[C@@H]1[C@H](C)CCC[C@@H]1NC(=O)[C@@H](C)N1CCC(C(N)=O)CC1. The zero-order valence-corrected chi connectivity index (χ0v) is 14.2. The molecule has 2 aliphatic rings. The molecule has 1 saturated heterocycles. The highest BCUT2D eigenvalue weighted by Gasteiger charge is 2.32. The molecule has 1 saturated carbocycles. The minimum atomic E-state index is -0.207. The van der Waals surface area contributed by atoms with Gasteiger partial charge in [-0.3, -0.25) is 14.5 Å². The van der Waals surface area contributed by atoms with Crippen molar-refractivity contribution in [1.29, 1.82) is 0 Å². The molecular weight excluding hydrogens is 278 g/mol. The van der Waals surface area contributed by atoms with Crippen LogP contribution in [0.1, 0.15) is 52.9 Å².